The summed E-state index contributed by atoms with van der Waals surface area (Å²) in [4.78, 5) is 8.96. The van der Waals surface area contributed by atoms with E-state index in [1.165, 1.54) is 19.3 Å². The highest BCUT2D eigenvalue weighted by atomic mass is 79.9. The Hall–Kier alpha value is -0.640. The van der Waals surface area contributed by atoms with Gasteiger partial charge in [0.1, 0.15) is 16.2 Å². The molecule has 0 saturated heterocycles. The maximum atomic E-state index is 4.57. The SMILES string of the molecule is CC(C)c1nc(Br)cc(NCC2CCCC2C)n1. The molecule has 1 N–H and O–H groups in total. The molecule has 3 nitrogen and oxygen atoms in total. The third-order valence-electron chi connectivity index (χ3n) is 3.81. The lowest BCUT2D eigenvalue weighted by Gasteiger charge is -2.17. The Morgan fingerprint density at radius 1 is 1.39 bits per heavy atom. The van der Waals surface area contributed by atoms with Gasteiger partial charge in [-0.05, 0) is 34.2 Å². The predicted molar refractivity (Wildman–Crippen MR) is 78.8 cm³/mol. The van der Waals surface area contributed by atoms with Gasteiger partial charge in [0.2, 0.25) is 0 Å². The standard InChI is InChI=1S/C14H22BrN3/c1-9(2)14-17-12(15)7-13(18-14)16-8-11-6-4-5-10(11)3/h7,9-11H,4-6,8H2,1-3H3,(H,16,17,18). The molecule has 1 fully saturated rings. The second-order valence-corrected chi connectivity index (χ2v) is 6.45. The van der Waals surface area contributed by atoms with Gasteiger partial charge in [-0.2, -0.15) is 0 Å². The highest BCUT2D eigenvalue weighted by Crippen LogP contribution is 2.31. The molecule has 2 atom stereocenters. The molecule has 0 spiro atoms. The van der Waals surface area contributed by atoms with E-state index in [1.807, 2.05) is 6.07 Å². The van der Waals surface area contributed by atoms with Gasteiger partial charge in [-0.25, -0.2) is 9.97 Å². The van der Waals surface area contributed by atoms with Crippen LogP contribution in [0.4, 0.5) is 5.82 Å². The number of hydrogen-bond acceptors (Lipinski definition) is 3. The van der Waals surface area contributed by atoms with Crippen molar-refractivity contribution in [2.24, 2.45) is 11.8 Å². The molecule has 0 radical (unpaired) electrons. The van der Waals surface area contributed by atoms with Crippen molar-refractivity contribution in [2.45, 2.75) is 46.0 Å². The normalized spacial score (nSPS) is 23.6. The van der Waals surface area contributed by atoms with Crippen molar-refractivity contribution >= 4 is 21.7 Å². The minimum Gasteiger partial charge on any atom is -0.370 e. The maximum Gasteiger partial charge on any atom is 0.134 e. The molecule has 0 aliphatic heterocycles. The van der Waals surface area contributed by atoms with E-state index in [0.717, 1.165) is 34.6 Å². The van der Waals surface area contributed by atoms with Crippen molar-refractivity contribution in [2.75, 3.05) is 11.9 Å². The molecule has 18 heavy (non-hydrogen) atoms. The first-order valence-corrected chi connectivity index (χ1v) is 7.64. The second-order valence-electron chi connectivity index (χ2n) is 5.64. The van der Waals surface area contributed by atoms with Crippen molar-refractivity contribution in [3.63, 3.8) is 0 Å². The fraction of sp³-hybridized carbons (Fsp3) is 0.714. The molecule has 1 aromatic rings. The average Bonchev–Trinajstić information content (AvgIpc) is 2.71. The zero-order valence-electron chi connectivity index (χ0n) is 11.4. The summed E-state index contributed by atoms with van der Waals surface area (Å²) in [5.74, 6) is 3.83. The van der Waals surface area contributed by atoms with E-state index >= 15 is 0 Å². The molecule has 1 aromatic heterocycles. The summed E-state index contributed by atoms with van der Waals surface area (Å²) in [5.41, 5.74) is 0. The van der Waals surface area contributed by atoms with Crippen LogP contribution in [0.25, 0.3) is 0 Å². The van der Waals surface area contributed by atoms with E-state index in [-0.39, 0.29) is 0 Å². The van der Waals surface area contributed by atoms with Crippen LogP contribution in [0, 0.1) is 11.8 Å². The molecular formula is C14H22BrN3. The summed E-state index contributed by atoms with van der Waals surface area (Å²) in [7, 11) is 0. The Bertz CT molecular complexity index is 406. The number of halogens is 1. The summed E-state index contributed by atoms with van der Waals surface area (Å²) in [6.07, 6.45) is 4.09. The number of aromatic nitrogens is 2. The van der Waals surface area contributed by atoms with E-state index in [2.05, 4.69) is 52.0 Å². The minimum atomic E-state index is 0.355. The van der Waals surface area contributed by atoms with Crippen molar-refractivity contribution in [3.05, 3.63) is 16.5 Å². The van der Waals surface area contributed by atoms with Crippen molar-refractivity contribution in [1.82, 2.24) is 9.97 Å². The summed E-state index contributed by atoms with van der Waals surface area (Å²) >= 11 is 3.46. The molecule has 0 bridgehead atoms. The summed E-state index contributed by atoms with van der Waals surface area (Å²) < 4.78 is 0.864. The molecule has 1 saturated carbocycles. The Morgan fingerprint density at radius 3 is 2.78 bits per heavy atom. The predicted octanol–water partition coefficient (Wildman–Crippen LogP) is 4.21. The Morgan fingerprint density at radius 2 is 2.17 bits per heavy atom. The second kappa shape index (κ2) is 6.00. The van der Waals surface area contributed by atoms with Gasteiger partial charge < -0.3 is 5.32 Å². The Kier molecular flexibility index (Phi) is 4.60. The molecular weight excluding hydrogens is 290 g/mol. The molecule has 0 aromatic carbocycles. The minimum absolute atomic E-state index is 0.355. The lowest BCUT2D eigenvalue weighted by atomic mass is 9.98. The fourth-order valence-corrected chi connectivity index (χ4v) is 2.94. The summed E-state index contributed by atoms with van der Waals surface area (Å²) in [6, 6.07) is 1.96. The highest BCUT2D eigenvalue weighted by molar-refractivity contribution is 9.10. The number of hydrogen-bond donors (Lipinski definition) is 1. The zero-order valence-corrected chi connectivity index (χ0v) is 13.0. The summed E-state index contributed by atoms with van der Waals surface area (Å²) in [5, 5.41) is 3.47. The zero-order chi connectivity index (χ0) is 13.1. The van der Waals surface area contributed by atoms with Gasteiger partial charge in [-0.1, -0.05) is 33.6 Å². The number of nitrogens with one attached hydrogen (secondary N) is 1. The van der Waals surface area contributed by atoms with Gasteiger partial charge in [0.05, 0.1) is 0 Å². The first kappa shape index (κ1) is 13.8. The fourth-order valence-electron chi connectivity index (χ4n) is 2.55. The van der Waals surface area contributed by atoms with E-state index < -0.39 is 0 Å². The summed E-state index contributed by atoms with van der Waals surface area (Å²) in [6.45, 7) is 7.62. The molecule has 1 heterocycles. The molecule has 2 unspecified atom stereocenters. The molecule has 0 amide bonds. The van der Waals surface area contributed by atoms with Crippen LogP contribution >= 0.6 is 15.9 Å². The van der Waals surface area contributed by atoms with Crippen molar-refractivity contribution < 1.29 is 0 Å². The number of nitrogens with zero attached hydrogens (tertiary/aromatic N) is 2. The smallest absolute Gasteiger partial charge is 0.134 e. The van der Waals surface area contributed by atoms with Gasteiger partial charge >= 0.3 is 0 Å². The van der Waals surface area contributed by atoms with E-state index in [1.54, 1.807) is 0 Å². The van der Waals surface area contributed by atoms with E-state index in [9.17, 15) is 0 Å². The average molecular weight is 312 g/mol. The van der Waals surface area contributed by atoms with Gasteiger partial charge in [0.15, 0.2) is 0 Å². The van der Waals surface area contributed by atoms with Crippen LogP contribution in [0.1, 0.15) is 51.8 Å². The first-order valence-electron chi connectivity index (χ1n) is 6.84. The number of anilines is 1. The van der Waals surface area contributed by atoms with E-state index in [0.29, 0.717) is 5.92 Å². The lowest BCUT2D eigenvalue weighted by molar-refractivity contribution is 0.439. The van der Waals surface area contributed by atoms with Crippen LogP contribution in [0.5, 0.6) is 0 Å². The monoisotopic (exact) mass is 311 g/mol. The van der Waals surface area contributed by atoms with Gasteiger partial charge in [-0.3, -0.25) is 0 Å². The third-order valence-corrected chi connectivity index (χ3v) is 4.22. The van der Waals surface area contributed by atoms with Crippen LogP contribution in [0.15, 0.2) is 10.7 Å². The van der Waals surface area contributed by atoms with Crippen LogP contribution in [0.2, 0.25) is 0 Å². The lowest BCUT2D eigenvalue weighted by Crippen LogP contribution is -2.17. The molecule has 2 rings (SSSR count). The van der Waals surface area contributed by atoms with Crippen LogP contribution in [-0.2, 0) is 0 Å². The quantitative estimate of drug-likeness (QED) is 0.846. The Labute approximate surface area is 118 Å². The molecule has 100 valence electrons. The highest BCUT2D eigenvalue weighted by Gasteiger charge is 2.23. The third kappa shape index (κ3) is 3.44. The first-order chi connectivity index (χ1) is 8.56. The molecule has 1 aliphatic rings. The van der Waals surface area contributed by atoms with Gasteiger partial charge in [-0.15, -0.1) is 0 Å². The largest absolute Gasteiger partial charge is 0.370 e. The number of rotatable bonds is 4. The molecule has 4 heteroatoms. The topological polar surface area (TPSA) is 37.8 Å². The van der Waals surface area contributed by atoms with Crippen LogP contribution in [0.3, 0.4) is 0 Å². The van der Waals surface area contributed by atoms with Crippen molar-refractivity contribution in [1.29, 1.82) is 0 Å². The maximum absolute atomic E-state index is 4.57. The van der Waals surface area contributed by atoms with Gasteiger partial charge in [0.25, 0.3) is 0 Å². The molecule has 1 aliphatic carbocycles. The Balaban J connectivity index is 2.00. The van der Waals surface area contributed by atoms with Crippen molar-refractivity contribution in [3.8, 4) is 0 Å². The van der Waals surface area contributed by atoms with Crippen LogP contribution < -0.4 is 5.32 Å². The van der Waals surface area contributed by atoms with Gasteiger partial charge in [0, 0.05) is 18.5 Å². The van der Waals surface area contributed by atoms with E-state index in [4.69, 9.17) is 0 Å². The van der Waals surface area contributed by atoms with Crippen LogP contribution in [-0.4, -0.2) is 16.5 Å².